The van der Waals surface area contributed by atoms with E-state index < -0.39 is 11.9 Å². The number of hydrogen-bond donors (Lipinski definition) is 4. The number of rotatable bonds is 15. The first-order valence-corrected chi connectivity index (χ1v) is 17.2. The van der Waals surface area contributed by atoms with Gasteiger partial charge in [0.2, 0.25) is 0 Å². The number of benzene rings is 6. The summed E-state index contributed by atoms with van der Waals surface area (Å²) < 4.78 is 12.2. The van der Waals surface area contributed by atoms with E-state index in [4.69, 9.17) is 19.6 Å². The molecule has 0 spiro atoms. The second kappa shape index (κ2) is 16.9. The van der Waals surface area contributed by atoms with Crippen molar-refractivity contribution in [3.63, 3.8) is 0 Å². The average molecular weight is 725 g/mol. The number of ether oxygens (including phenoxy) is 2. The first-order valence-electron chi connectivity index (χ1n) is 17.2. The number of amides is 1. The Balaban J connectivity index is 1.00. The minimum atomic E-state index is -1.16. The third kappa shape index (κ3) is 9.30. The van der Waals surface area contributed by atoms with E-state index in [0.29, 0.717) is 35.3 Å². The van der Waals surface area contributed by atoms with Crippen molar-refractivity contribution in [1.29, 1.82) is 0 Å². The van der Waals surface area contributed by atoms with Gasteiger partial charge in [-0.3, -0.25) is 20.4 Å². The minimum absolute atomic E-state index is 0.0542. The van der Waals surface area contributed by atoms with Crippen LogP contribution in [-0.4, -0.2) is 22.2 Å². The van der Waals surface area contributed by atoms with Gasteiger partial charge in [-0.1, -0.05) is 74.0 Å². The van der Waals surface area contributed by atoms with Gasteiger partial charge < -0.3 is 19.9 Å². The summed E-state index contributed by atoms with van der Waals surface area (Å²) in [5.41, 5.74) is 8.72. The molecular weight excluding hydrogens is 684 g/mol. The first kappa shape index (κ1) is 37.3. The van der Waals surface area contributed by atoms with Crippen LogP contribution in [0.5, 0.6) is 23.0 Å². The Hall–Kier alpha value is -6.46. The summed E-state index contributed by atoms with van der Waals surface area (Å²) in [6.45, 7) is 6.51. The van der Waals surface area contributed by atoms with Gasteiger partial charge in [-0.15, -0.1) is 0 Å². The molecule has 54 heavy (non-hydrogen) atoms. The number of hydrogen-bond acceptors (Lipinski definition) is 8. The maximum Gasteiger partial charge on any atom is 0.336 e. The van der Waals surface area contributed by atoms with Crippen LogP contribution in [0.15, 0.2) is 140 Å². The van der Waals surface area contributed by atoms with E-state index in [0.717, 1.165) is 33.5 Å². The molecule has 0 heterocycles. The highest BCUT2D eigenvalue weighted by Crippen LogP contribution is 2.35. The summed E-state index contributed by atoms with van der Waals surface area (Å²) in [7, 11) is 0. The van der Waals surface area contributed by atoms with Gasteiger partial charge in [0.05, 0.1) is 23.4 Å². The highest BCUT2D eigenvalue weighted by atomic mass is 17.1. The maximum absolute atomic E-state index is 12.8. The van der Waals surface area contributed by atoms with Crippen molar-refractivity contribution in [3.8, 4) is 23.0 Å². The zero-order valence-corrected chi connectivity index (χ0v) is 30.0. The summed E-state index contributed by atoms with van der Waals surface area (Å²) in [4.78, 5) is 34.3. The molecular formula is C44H40N2O8. The maximum atomic E-state index is 12.8. The molecule has 6 rings (SSSR count). The van der Waals surface area contributed by atoms with E-state index in [1.54, 1.807) is 43.3 Å². The van der Waals surface area contributed by atoms with Crippen LogP contribution < -0.4 is 20.3 Å². The van der Waals surface area contributed by atoms with E-state index in [9.17, 15) is 14.7 Å². The Morgan fingerprint density at radius 2 is 1.09 bits per heavy atom. The van der Waals surface area contributed by atoms with Gasteiger partial charge >= 0.3 is 5.97 Å². The fraction of sp³-hybridized carbons (Fsp3) is 0.136. The quantitative estimate of drug-likeness (QED) is 0.0603. The molecule has 0 fully saturated rings. The lowest BCUT2D eigenvalue weighted by Crippen LogP contribution is -2.18. The van der Waals surface area contributed by atoms with Crippen molar-refractivity contribution in [2.24, 2.45) is 0 Å². The molecule has 0 aliphatic carbocycles. The number of carbonyl (C=O) groups is 2. The number of carboxylic acids is 1. The summed E-state index contributed by atoms with van der Waals surface area (Å²) in [5.74, 6) is 0.986. The second-order valence-corrected chi connectivity index (χ2v) is 13.2. The third-order valence-corrected chi connectivity index (χ3v) is 9.00. The lowest BCUT2D eigenvalue weighted by Gasteiger charge is -2.26. The van der Waals surface area contributed by atoms with Crippen LogP contribution in [0.2, 0.25) is 0 Å². The van der Waals surface area contributed by atoms with Crippen LogP contribution in [0.25, 0.3) is 0 Å². The van der Waals surface area contributed by atoms with Gasteiger partial charge in [0.1, 0.15) is 29.6 Å². The predicted octanol–water partition coefficient (Wildman–Crippen LogP) is 10.4. The molecule has 0 aliphatic rings. The van der Waals surface area contributed by atoms with Crippen LogP contribution in [0.3, 0.4) is 0 Å². The van der Waals surface area contributed by atoms with Crippen LogP contribution in [-0.2, 0) is 28.4 Å². The van der Waals surface area contributed by atoms with Gasteiger partial charge in [-0.25, -0.2) is 9.68 Å². The molecule has 0 atom stereocenters. The molecule has 0 aromatic heterocycles. The molecule has 0 aliphatic heterocycles. The first-order chi connectivity index (χ1) is 26.1. The number of carbonyl (C=O) groups excluding carboxylic acids is 1. The van der Waals surface area contributed by atoms with E-state index in [1.165, 1.54) is 6.07 Å². The van der Waals surface area contributed by atoms with Crippen LogP contribution in [0.1, 0.15) is 62.4 Å². The summed E-state index contributed by atoms with van der Waals surface area (Å²) in [6.07, 6.45) is 0. The van der Waals surface area contributed by atoms with Crippen molar-refractivity contribution in [1.82, 2.24) is 0 Å². The van der Waals surface area contributed by atoms with Gasteiger partial charge in [-0.05, 0) is 114 Å². The zero-order valence-electron chi connectivity index (χ0n) is 30.0. The molecule has 274 valence electrons. The smallest absolute Gasteiger partial charge is 0.336 e. The van der Waals surface area contributed by atoms with Crippen molar-refractivity contribution < 1.29 is 39.2 Å². The van der Waals surface area contributed by atoms with Crippen LogP contribution in [0.4, 0.5) is 11.4 Å². The number of carboxylic acid groups (broad SMARTS) is 1. The lowest BCUT2D eigenvalue weighted by atomic mass is 9.78. The van der Waals surface area contributed by atoms with Gasteiger partial charge in [0.15, 0.2) is 0 Å². The normalized spacial score (nSPS) is 11.1. The van der Waals surface area contributed by atoms with Crippen molar-refractivity contribution in [2.75, 3.05) is 10.8 Å². The monoisotopic (exact) mass is 724 g/mol. The Bertz CT molecular complexity index is 2200. The molecule has 1 amide bonds. The van der Waals surface area contributed by atoms with E-state index in [1.807, 2.05) is 84.9 Å². The second-order valence-electron chi connectivity index (χ2n) is 13.2. The minimum Gasteiger partial charge on any atom is -0.478 e. The summed E-state index contributed by atoms with van der Waals surface area (Å²) in [6, 6.07) is 42.5. The Kier molecular flexibility index (Phi) is 11.7. The summed E-state index contributed by atoms with van der Waals surface area (Å²) in [5, 5.41) is 21.0. The fourth-order valence-corrected chi connectivity index (χ4v) is 5.85. The molecule has 6 aromatic rings. The molecule has 10 heteroatoms. The van der Waals surface area contributed by atoms with Gasteiger partial charge in [0.25, 0.3) is 5.91 Å². The molecule has 0 saturated heterocycles. The van der Waals surface area contributed by atoms with Crippen LogP contribution >= 0.6 is 0 Å². The Morgan fingerprint density at radius 1 is 0.611 bits per heavy atom. The number of nitrogens with one attached hydrogen (secondary N) is 2. The molecule has 0 unspecified atom stereocenters. The van der Waals surface area contributed by atoms with Gasteiger partial charge in [-0.2, -0.15) is 0 Å². The van der Waals surface area contributed by atoms with E-state index in [2.05, 4.69) is 41.7 Å². The molecule has 0 bridgehead atoms. The number of aromatic carboxylic acids is 1. The molecule has 4 N–H and O–H groups in total. The van der Waals surface area contributed by atoms with Crippen molar-refractivity contribution in [3.05, 3.63) is 178 Å². The van der Waals surface area contributed by atoms with Crippen LogP contribution in [0, 0.1) is 6.92 Å². The zero-order chi connectivity index (χ0) is 38.1. The fourth-order valence-electron chi connectivity index (χ4n) is 5.85. The molecule has 0 saturated carbocycles. The Morgan fingerprint density at radius 3 is 1.59 bits per heavy atom. The SMILES string of the molecule is Cc1ccc(C(=O)O)c(C(=O)Nc2ccc(Oc3ccc(C(C)(C)c4ccc(Oc5ccc(NOCc6ccccc6COO)cc5)cc4)cc3)cc2)c1. The van der Waals surface area contributed by atoms with Gasteiger partial charge in [0, 0.05) is 11.1 Å². The molecule has 6 aromatic carbocycles. The average Bonchev–Trinajstić information content (AvgIpc) is 3.17. The van der Waals surface area contributed by atoms with E-state index >= 15 is 0 Å². The standard InChI is InChI=1S/C44H40N2O8/c1-29-8-25-40(43(48)49)41(26-29)42(47)45-34-13-21-38(22-14-34)53-36-17-9-32(10-18-36)44(2,3)33-11-19-37(20-12-33)54-39-23-15-35(16-24-39)46-51-27-30-6-4-5-7-31(30)28-52-50/h4-26,46,50H,27-28H2,1-3H3,(H,45,47)(H,48,49). The number of aryl methyl sites for hydroxylation is 1. The third-order valence-electron chi connectivity index (χ3n) is 9.00. The Labute approximate surface area is 313 Å². The largest absolute Gasteiger partial charge is 0.478 e. The molecule has 0 radical (unpaired) electrons. The molecule has 10 nitrogen and oxygen atoms in total. The summed E-state index contributed by atoms with van der Waals surface area (Å²) >= 11 is 0. The lowest BCUT2D eigenvalue weighted by molar-refractivity contribution is -0.253. The highest BCUT2D eigenvalue weighted by molar-refractivity contribution is 6.10. The van der Waals surface area contributed by atoms with Crippen molar-refractivity contribution in [2.45, 2.75) is 39.4 Å². The van der Waals surface area contributed by atoms with Crippen molar-refractivity contribution >= 4 is 23.3 Å². The highest BCUT2D eigenvalue weighted by Gasteiger charge is 2.23. The predicted molar refractivity (Wildman–Crippen MR) is 206 cm³/mol. The topological polar surface area (TPSA) is 136 Å². The van der Waals surface area contributed by atoms with E-state index in [-0.39, 0.29) is 23.1 Å². The number of anilines is 2.